The molecular formula is C36H35N2O4Pd-. The molecule has 4 aromatic rings. The van der Waals surface area contributed by atoms with E-state index in [9.17, 15) is 4.79 Å². The number of carbonyl (C=O) groups is 1. The summed E-state index contributed by atoms with van der Waals surface area (Å²) in [6.07, 6.45) is 6.65. The Labute approximate surface area is 268 Å². The van der Waals surface area contributed by atoms with E-state index >= 15 is 0 Å². The van der Waals surface area contributed by atoms with Crippen molar-refractivity contribution in [2.45, 2.75) is 32.1 Å². The smallest absolute Gasteiger partial charge is 0.163 e. The Morgan fingerprint density at radius 2 is 1.30 bits per heavy atom. The molecule has 0 fully saturated rings. The quantitative estimate of drug-likeness (QED) is 0.163. The number of hydrogen-bond acceptors (Lipinski definition) is 6. The predicted octanol–water partition coefficient (Wildman–Crippen LogP) is 7.93. The van der Waals surface area contributed by atoms with Crippen LogP contribution in [0.4, 0.5) is 0 Å². The van der Waals surface area contributed by atoms with Crippen molar-refractivity contribution in [1.82, 2.24) is 0 Å². The summed E-state index contributed by atoms with van der Waals surface area (Å²) >= 11 is 0. The molecular weight excluding hydrogens is 631 g/mol. The molecule has 7 heteroatoms. The molecule has 224 valence electrons. The molecule has 0 saturated carbocycles. The molecule has 6 rings (SSSR count). The molecule has 43 heavy (non-hydrogen) atoms. The number of ether oxygens (including phenoxy) is 3. The maximum Gasteiger partial charge on any atom is 0.163 e. The van der Waals surface area contributed by atoms with E-state index in [1.807, 2.05) is 78.9 Å². The van der Waals surface area contributed by atoms with Gasteiger partial charge in [-0.15, -0.1) is 0 Å². The van der Waals surface area contributed by atoms with Crippen LogP contribution in [0.3, 0.4) is 0 Å². The zero-order valence-electron chi connectivity index (χ0n) is 24.9. The van der Waals surface area contributed by atoms with Gasteiger partial charge in [0.25, 0.3) is 0 Å². The third kappa shape index (κ3) is 8.56. The number of methoxy groups -OCH3 is 3. The van der Waals surface area contributed by atoms with Crippen LogP contribution in [-0.2, 0) is 33.3 Å². The normalized spacial score (nSPS) is 12.3. The predicted molar refractivity (Wildman–Crippen MR) is 167 cm³/mol. The van der Waals surface area contributed by atoms with Crippen LogP contribution < -0.4 is 14.2 Å². The van der Waals surface area contributed by atoms with E-state index in [2.05, 4.69) is 12.1 Å². The molecule has 0 aromatic heterocycles. The van der Waals surface area contributed by atoms with Crippen LogP contribution in [0, 0.1) is 30.1 Å². The van der Waals surface area contributed by atoms with Gasteiger partial charge in [0, 0.05) is 37.8 Å². The summed E-state index contributed by atoms with van der Waals surface area (Å²) in [5.41, 5.74) is 5.73. The Balaban J connectivity index is 0.000000220. The molecule has 6 nitrogen and oxygen atoms in total. The minimum atomic E-state index is 0. The maximum absolute atomic E-state index is 11.5. The fourth-order valence-corrected chi connectivity index (χ4v) is 4.95. The minimum absolute atomic E-state index is 0. The largest absolute Gasteiger partial charge is 0.497 e. The second-order valence-electron chi connectivity index (χ2n) is 9.60. The van der Waals surface area contributed by atoms with Crippen molar-refractivity contribution < 1.29 is 39.4 Å². The van der Waals surface area contributed by atoms with Gasteiger partial charge in [0.1, 0.15) is 17.2 Å². The van der Waals surface area contributed by atoms with Gasteiger partial charge in [-0.05, 0) is 90.2 Å². The molecule has 0 unspecified atom stereocenters. The van der Waals surface area contributed by atoms with Gasteiger partial charge < -0.3 is 21.6 Å². The summed E-state index contributed by atoms with van der Waals surface area (Å²) in [5.74, 6) is 2.61. The number of fused-ring (bicyclic) bond motifs is 3. The first-order valence-corrected chi connectivity index (χ1v) is 13.5. The van der Waals surface area contributed by atoms with E-state index in [0.29, 0.717) is 12.0 Å². The van der Waals surface area contributed by atoms with Crippen molar-refractivity contribution in [2.75, 3.05) is 21.3 Å². The van der Waals surface area contributed by atoms with Crippen molar-refractivity contribution in [3.05, 3.63) is 114 Å². The summed E-state index contributed by atoms with van der Waals surface area (Å²) in [6.45, 7) is 0. The fraction of sp³-hybridized carbons (Fsp3) is 0.222. The Bertz CT molecular complexity index is 1680. The third-order valence-corrected chi connectivity index (χ3v) is 7.17. The average Bonchev–Trinajstić information content (AvgIpc) is 3.04. The van der Waals surface area contributed by atoms with Gasteiger partial charge in [0.2, 0.25) is 0 Å². The van der Waals surface area contributed by atoms with Gasteiger partial charge in [-0.25, -0.2) is 0 Å². The molecule has 0 bridgehead atoms. The van der Waals surface area contributed by atoms with Crippen LogP contribution in [0.15, 0.2) is 78.9 Å². The van der Waals surface area contributed by atoms with Gasteiger partial charge in [0.15, 0.2) is 5.78 Å². The number of nitriles is 2. The molecule has 0 spiro atoms. The van der Waals surface area contributed by atoms with E-state index in [1.54, 1.807) is 21.3 Å². The van der Waals surface area contributed by atoms with Gasteiger partial charge in [-0.2, -0.15) is 10.5 Å². The number of ketones is 1. The summed E-state index contributed by atoms with van der Waals surface area (Å²) in [7, 11) is 4.88. The van der Waals surface area contributed by atoms with Crippen LogP contribution in [-0.4, -0.2) is 27.1 Å². The zero-order valence-corrected chi connectivity index (χ0v) is 26.4. The number of carbonyl (C=O) groups excluding carboxylic acids is 1. The van der Waals surface area contributed by atoms with Gasteiger partial charge in [-0.3, -0.25) is 4.79 Å². The molecule has 0 aliphatic heterocycles. The van der Waals surface area contributed by atoms with Crippen molar-refractivity contribution in [2.24, 2.45) is 0 Å². The Morgan fingerprint density at radius 3 is 1.93 bits per heavy atom. The molecule has 0 radical (unpaired) electrons. The SMILES string of the molecule is COc1ccc2c(c1)C(=O)CCC2.COc1ccc2c(c1)C(C#N)=CCC2.COc1ccc2cccc(C#N)c2c1.[CH3-].[Pd]. The number of hydrogen-bond donors (Lipinski definition) is 0. The maximum atomic E-state index is 11.5. The van der Waals surface area contributed by atoms with Gasteiger partial charge >= 0.3 is 0 Å². The van der Waals surface area contributed by atoms with Crippen molar-refractivity contribution in [3.63, 3.8) is 0 Å². The monoisotopic (exact) mass is 665 g/mol. The number of aryl methyl sites for hydroxylation is 2. The number of rotatable bonds is 3. The summed E-state index contributed by atoms with van der Waals surface area (Å²) in [6, 6.07) is 27.4. The molecule has 0 N–H and O–H groups in total. The van der Waals surface area contributed by atoms with Crippen LogP contribution in [0.25, 0.3) is 16.3 Å². The Hall–Kier alpha value is -4.41. The summed E-state index contributed by atoms with van der Waals surface area (Å²) < 4.78 is 15.3. The van der Waals surface area contributed by atoms with Crippen LogP contribution in [0.5, 0.6) is 17.2 Å². The Kier molecular flexibility index (Phi) is 13.7. The zero-order chi connectivity index (χ0) is 29.2. The van der Waals surface area contributed by atoms with Crippen molar-refractivity contribution >= 4 is 22.1 Å². The van der Waals surface area contributed by atoms with Gasteiger partial charge in [-0.1, -0.05) is 36.4 Å². The average molecular weight is 666 g/mol. The van der Waals surface area contributed by atoms with E-state index in [1.165, 1.54) is 5.56 Å². The molecule has 0 heterocycles. The minimum Gasteiger partial charge on any atom is -0.497 e. The number of Topliss-reactive ketones (excluding diaryl/α,β-unsaturated/α-hetero) is 1. The molecule has 4 aromatic carbocycles. The van der Waals surface area contributed by atoms with Crippen LogP contribution >= 0.6 is 0 Å². The second kappa shape index (κ2) is 16.9. The molecule has 2 aliphatic carbocycles. The van der Waals surface area contributed by atoms with Crippen molar-refractivity contribution in [3.8, 4) is 29.4 Å². The number of allylic oxidation sites excluding steroid dienone is 2. The van der Waals surface area contributed by atoms with E-state index < -0.39 is 0 Å². The molecule has 0 saturated heterocycles. The number of nitrogens with zero attached hydrogens (tertiary/aromatic N) is 2. The standard InChI is InChI=1S/C12H11NO.C12H9NO.C11H12O2.CH3.Pd/c2*1-14-11-6-5-9-3-2-4-10(8-13)12(9)7-11;1-13-9-6-5-8-3-2-4-11(12)10(8)7-9;;/h4-7H,2-3H2,1H3;2-7H,1H3;5-7H,2-4H2,1H3;1H3;/q;;;-1;. The van der Waals surface area contributed by atoms with E-state index in [0.717, 1.165) is 76.0 Å². The second-order valence-corrected chi connectivity index (χ2v) is 9.60. The third-order valence-electron chi connectivity index (χ3n) is 7.17. The molecule has 0 atom stereocenters. The number of benzene rings is 4. The van der Waals surface area contributed by atoms with E-state index in [-0.39, 0.29) is 33.6 Å². The molecule has 2 aliphatic rings. The fourth-order valence-electron chi connectivity index (χ4n) is 4.95. The van der Waals surface area contributed by atoms with Gasteiger partial charge in [0.05, 0.1) is 44.6 Å². The molecule has 0 amide bonds. The van der Waals surface area contributed by atoms with Crippen molar-refractivity contribution in [1.29, 1.82) is 10.5 Å². The first-order chi connectivity index (χ1) is 20.0. The van der Waals surface area contributed by atoms with Crippen LogP contribution in [0.1, 0.15) is 51.9 Å². The van der Waals surface area contributed by atoms with Crippen LogP contribution in [0.2, 0.25) is 0 Å². The summed E-state index contributed by atoms with van der Waals surface area (Å²) in [4.78, 5) is 11.5. The topological polar surface area (TPSA) is 92.3 Å². The first kappa shape index (κ1) is 34.8. The van der Waals surface area contributed by atoms with E-state index in [4.69, 9.17) is 24.7 Å². The summed E-state index contributed by atoms with van der Waals surface area (Å²) in [5, 5.41) is 19.8. The first-order valence-electron chi connectivity index (χ1n) is 13.5. The Morgan fingerprint density at radius 1 is 0.698 bits per heavy atom.